The fourth-order valence-electron chi connectivity index (χ4n) is 3.67. The predicted octanol–water partition coefficient (Wildman–Crippen LogP) is 1.79. The van der Waals surface area contributed by atoms with Crippen LogP contribution in [0.15, 0.2) is 55.2 Å². The second-order valence-corrected chi connectivity index (χ2v) is 6.86. The summed E-state index contributed by atoms with van der Waals surface area (Å²) in [5.74, 6) is 0.473. The lowest BCUT2D eigenvalue weighted by atomic mass is 10.00. The van der Waals surface area contributed by atoms with E-state index in [0.717, 1.165) is 25.3 Å². The summed E-state index contributed by atoms with van der Waals surface area (Å²) < 4.78 is 4.01. The van der Waals surface area contributed by atoms with Gasteiger partial charge in [-0.3, -0.25) is 0 Å². The third-order valence-corrected chi connectivity index (χ3v) is 5.01. The highest BCUT2D eigenvalue weighted by Crippen LogP contribution is 2.26. The number of nitrogens with zero attached hydrogens (tertiary/aromatic N) is 5. The first-order valence-corrected chi connectivity index (χ1v) is 8.68. The Bertz CT molecular complexity index is 805. The highest BCUT2D eigenvalue weighted by molar-refractivity contribution is 5.33. The summed E-state index contributed by atoms with van der Waals surface area (Å²) in [7, 11) is 4.26. The Morgan fingerprint density at radius 3 is 2.68 bits per heavy atom. The van der Waals surface area contributed by atoms with E-state index in [1.54, 1.807) is 6.20 Å². The molecule has 1 N–H and O–H groups in total. The number of likely N-dealkylation sites (N-methyl/N-ethyl adjacent to an activating group) is 1. The summed E-state index contributed by atoms with van der Waals surface area (Å²) in [5, 5.41) is 8.01. The van der Waals surface area contributed by atoms with Crippen molar-refractivity contribution in [3.8, 4) is 5.69 Å². The van der Waals surface area contributed by atoms with E-state index in [0.29, 0.717) is 12.0 Å². The Hall–Kier alpha value is -2.44. The minimum atomic E-state index is 0.436. The lowest BCUT2D eigenvalue weighted by Gasteiger charge is -2.20. The minimum Gasteiger partial charge on any atom is -0.337 e. The largest absolute Gasteiger partial charge is 0.337 e. The molecule has 0 spiro atoms. The summed E-state index contributed by atoms with van der Waals surface area (Å²) in [5.41, 5.74) is 3.67. The summed E-state index contributed by atoms with van der Waals surface area (Å²) in [6, 6.07) is 10.9. The average molecular weight is 336 g/mol. The van der Waals surface area contributed by atoms with Crippen LogP contribution in [0.5, 0.6) is 0 Å². The van der Waals surface area contributed by atoms with Crippen molar-refractivity contribution in [2.75, 3.05) is 20.1 Å². The molecule has 0 saturated carbocycles. The zero-order valence-corrected chi connectivity index (χ0v) is 14.7. The molecule has 1 fully saturated rings. The molecule has 3 aromatic rings. The number of nitrogens with one attached hydrogen (secondary N) is 1. The number of aromatic nitrogens is 4. The number of likely N-dealkylation sites (tertiary alicyclic amines) is 1. The Morgan fingerprint density at radius 2 is 2.00 bits per heavy atom. The number of aryl methyl sites for hydroxylation is 1. The third kappa shape index (κ3) is 3.36. The van der Waals surface area contributed by atoms with Crippen LogP contribution < -0.4 is 5.32 Å². The Labute approximate surface area is 148 Å². The summed E-state index contributed by atoms with van der Waals surface area (Å²) >= 11 is 0. The van der Waals surface area contributed by atoms with Crippen LogP contribution >= 0.6 is 0 Å². The van der Waals surface area contributed by atoms with Crippen molar-refractivity contribution in [1.82, 2.24) is 29.5 Å². The molecule has 1 aliphatic heterocycles. The van der Waals surface area contributed by atoms with E-state index >= 15 is 0 Å². The van der Waals surface area contributed by atoms with Crippen LogP contribution in [0.2, 0.25) is 0 Å². The van der Waals surface area contributed by atoms with Crippen molar-refractivity contribution in [3.63, 3.8) is 0 Å². The van der Waals surface area contributed by atoms with Crippen LogP contribution in [0.1, 0.15) is 17.2 Å². The van der Waals surface area contributed by atoms with Crippen LogP contribution in [0.3, 0.4) is 0 Å². The molecule has 130 valence electrons. The van der Waals surface area contributed by atoms with Gasteiger partial charge in [0.05, 0.1) is 12.0 Å². The molecule has 0 bridgehead atoms. The quantitative estimate of drug-likeness (QED) is 0.772. The van der Waals surface area contributed by atoms with Crippen molar-refractivity contribution < 1.29 is 0 Å². The molecular formula is C19H24N6. The number of hydrogen-bond donors (Lipinski definition) is 1. The SMILES string of the molecule is CN1C[C@@H](NCc2ccc(-n3cccn3)cc2)[C@H](c2cncn2C)C1. The molecule has 1 aromatic carbocycles. The van der Waals surface area contributed by atoms with Gasteiger partial charge in [-0.05, 0) is 30.8 Å². The second kappa shape index (κ2) is 6.82. The fraction of sp³-hybridized carbons (Fsp3) is 0.368. The van der Waals surface area contributed by atoms with E-state index in [2.05, 4.69) is 63.2 Å². The summed E-state index contributed by atoms with van der Waals surface area (Å²) in [6.45, 7) is 2.99. The van der Waals surface area contributed by atoms with E-state index in [-0.39, 0.29) is 0 Å². The molecule has 0 amide bonds. The molecule has 0 aliphatic carbocycles. The molecule has 3 heterocycles. The molecule has 6 nitrogen and oxygen atoms in total. The zero-order valence-electron chi connectivity index (χ0n) is 14.7. The normalized spacial score (nSPS) is 21.0. The first-order valence-electron chi connectivity index (χ1n) is 8.68. The monoisotopic (exact) mass is 336 g/mol. The first kappa shape index (κ1) is 16.1. The standard InChI is InChI=1S/C19H24N6/c1-23-12-17(19-11-20-14-24(19)2)18(13-23)21-10-15-4-6-16(7-5-15)25-9-3-8-22-25/h3-9,11,14,17-18,21H,10,12-13H2,1-2H3/t17-,18-/m1/s1. The van der Waals surface area contributed by atoms with Gasteiger partial charge in [-0.15, -0.1) is 0 Å². The molecule has 6 heteroatoms. The maximum atomic E-state index is 4.29. The number of hydrogen-bond acceptors (Lipinski definition) is 4. The van der Waals surface area contributed by atoms with Gasteiger partial charge in [-0.25, -0.2) is 9.67 Å². The molecular weight excluding hydrogens is 312 g/mol. The Balaban J connectivity index is 1.42. The molecule has 0 unspecified atom stereocenters. The van der Waals surface area contributed by atoms with E-state index < -0.39 is 0 Å². The summed E-state index contributed by atoms with van der Waals surface area (Å²) in [4.78, 5) is 6.67. The maximum absolute atomic E-state index is 4.29. The van der Waals surface area contributed by atoms with Crippen LogP contribution in [-0.2, 0) is 13.6 Å². The smallest absolute Gasteiger partial charge is 0.0945 e. The predicted molar refractivity (Wildman–Crippen MR) is 97.6 cm³/mol. The molecule has 1 saturated heterocycles. The van der Waals surface area contributed by atoms with Gasteiger partial charge in [0.15, 0.2) is 0 Å². The first-order chi connectivity index (χ1) is 12.2. The maximum Gasteiger partial charge on any atom is 0.0945 e. The van der Waals surface area contributed by atoms with E-state index in [4.69, 9.17) is 0 Å². The molecule has 2 atom stereocenters. The van der Waals surface area contributed by atoms with Crippen molar-refractivity contribution in [2.24, 2.45) is 7.05 Å². The van der Waals surface area contributed by atoms with Gasteiger partial charge >= 0.3 is 0 Å². The number of benzene rings is 1. The van der Waals surface area contributed by atoms with Gasteiger partial charge < -0.3 is 14.8 Å². The van der Waals surface area contributed by atoms with E-state index in [1.807, 2.05) is 29.5 Å². The van der Waals surface area contributed by atoms with Gasteiger partial charge in [0.25, 0.3) is 0 Å². The number of rotatable bonds is 5. The molecule has 25 heavy (non-hydrogen) atoms. The molecule has 0 radical (unpaired) electrons. The lowest BCUT2D eigenvalue weighted by molar-refractivity contribution is 0.397. The van der Waals surface area contributed by atoms with Crippen molar-refractivity contribution in [2.45, 2.75) is 18.5 Å². The van der Waals surface area contributed by atoms with E-state index in [9.17, 15) is 0 Å². The molecule has 2 aromatic heterocycles. The topological polar surface area (TPSA) is 50.9 Å². The average Bonchev–Trinajstić information content (AvgIpc) is 3.34. The van der Waals surface area contributed by atoms with Crippen LogP contribution in [0, 0.1) is 0 Å². The molecule has 4 rings (SSSR count). The fourth-order valence-corrected chi connectivity index (χ4v) is 3.67. The van der Waals surface area contributed by atoms with Gasteiger partial charge in [0, 0.05) is 62.9 Å². The van der Waals surface area contributed by atoms with E-state index in [1.165, 1.54) is 11.3 Å². The van der Waals surface area contributed by atoms with Crippen LogP contribution in [-0.4, -0.2) is 50.4 Å². The second-order valence-electron chi connectivity index (χ2n) is 6.86. The van der Waals surface area contributed by atoms with Crippen molar-refractivity contribution in [3.05, 3.63) is 66.5 Å². The van der Waals surface area contributed by atoms with Crippen LogP contribution in [0.25, 0.3) is 5.69 Å². The number of imidazole rings is 1. The zero-order chi connectivity index (χ0) is 17.2. The van der Waals surface area contributed by atoms with Gasteiger partial charge in [-0.2, -0.15) is 5.10 Å². The van der Waals surface area contributed by atoms with Gasteiger partial charge in [0.1, 0.15) is 0 Å². The third-order valence-electron chi connectivity index (χ3n) is 5.01. The van der Waals surface area contributed by atoms with Gasteiger partial charge in [-0.1, -0.05) is 12.1 Å². The summed E-state index contributed by atoms with van der Waals surface area (Å²) in [6.07, 6.45) is 7.64. The van der Waals surface area contributed by atoms with Crippen molar-refractivity contribution in [1.29, 1.82) is 0 Å². The minimum absolute atomic E-state index is 0.436. The Morgan fingerprint density at radius 1 is 1.16 bits per heavy atom. The lowest BCUT2D eigenvalue weighted by Crippen LogP contribution is -2.35. The van der Waals surface area contributed by atoms with Gasteiger partial charge in [0.2, 0.25) is 0 Å². The molecule has 1 aliphatic rings. The van der Waals surface area contributed by atoms with Crippen molar-refractivity contribution >= 4 is 0 Å². The Kier molecular flexibility index (Phi) is 4.38. The highest BCUT2D eigenvalue weighted by atomic mass is 15.3. The highest BCUT2D eigenvalue weighted by Gasteiger charge is 2.33. The van der Waals surface area contributed by atoms with Crippen LogP contribution in [0.4, 0.5) is 0 Å².